The highest BCUT2D eigenvalue weighted by atomic mass is 19.3. The molecule has 0 rings (SSSR count). The molecule has 0 aliphatic heterocycles. The van der Waals surface area contributed by atoms with Crippen LogP contribution < -0.4 is 11.1 Å². The van der Waals surface area contributed by atoms with Gasteiger partial charge in [-0.2, -0.15) is 8.78 Å². The molecular formula is C8H14F4N2O. The number of carbonyl (C=O) groups excluding carboxylic acids is 1. The van der Waals surface area contributed by atoms with Crippen LogP contribution in [0.15, 0.2) is 0 Å². The maximum absolute atomic E-state index is 12.4. The van der Waals surface area contributed by atoms with Crippen LogP contribution in [0.25, 0.3) is 0 Å². The van der Waals surface area contributed by atoms with E-state index in [0.717, 1.165) is 0 Å². The number of rotatable bonds is 6. The molecule has 1 atom stereocenters. The molecule has 0 radical (unpaired) electrons. The Morgan fingerprint density at radius 3 is 2.40 bits per heavy atom. The van der Waals surface area contributed by atoms with Crippen LogP contribution in [0, 0.1) is 5.92 Å². The highest BCUT2D eigenvalue weighted by molar-refractivity contribution is 5.78. The lowest BCUT2D eigenvalue weighted by Crippen LogP contribution is -2.43. The molecule has 0 saturated heterocycles. The maximum Gasteiger partial charge on any atom is 0.324 e. The van der Waals surface area contributed by atoms with Crippen LogP contribution in [0.1, 0.15) is 13.3 Å². The summed E-state index contributed by atoms with van der Waals surface area (Å²) in [4.78, 5) is 11.1. The molecule has 1 amide bonds. The first-order valence-electron chi connectivity index (χ1n) is 4.45. The first kappa shape index (κ1) is 14.2. The van der Waals surface area contributed by atoms with Crippen molar-refractivity contribution in [1.29, 1.82) is 0 Å². The number of alkyl halides is 4. The van der Waals surface area contributed by atoms with Crippen LogP contribution >= 0.6 is 0 Å². The summed E-state index contributed by atoms with van der Waals surface area (Å²) < 4.78 is 48.1. The molecule has 1 unspecified atom stereocenters. The van der Waals surface area contributed by atoms with Gasteiger partial charge in [0.2, 0.25) is 5.91 Å². The van der Waals surface area contributed by atoms with Gasteiger partial charge in [0.25, 0.3) is 0 Å². The van der Waals surface area contributed by atoms with Gasteiger partial charge in [-0.25, -0.2) is 8.78 Å². The SMILES string of the molecule is CC(CCN)C(=O)NCC(F)(F)C(F)F. The third kappa shape index (κ3) is 4.96. The first-order valence-corrected chi connectivity index (χ1v) is 4.45. The summed E-state index contributed by atoms with van der Waals surface area (Å²) >= 11 is 0. The molecule has 15 heavy (non-hydrogen) atoms. The van der Waals surface area contributed by atoms with Gasteiger partial charge in [-0.3, -0.25) is 4.79 Å². The molecule has 0 bridgehead atoms. The Labute approximate surface area is 85.0 Å². The van der Waals surface area contributed by atoms with Crippen LogP contribution in [0.3, 0.4) is 0 Å². The average molecular weight is 230 g/mol. The minimum absolute atomic E-state index is 0.236. The molecule has 0 aromatic carbocycles. The fourth-order valence-electron chi connectivity index (χ4n) is 0.837. The van der Waals surface area contributed by atoms with E-state index in [-0.39, 0.29) is 6.54 Å². The molecule has 0 saturated carbocycles. The number of nitrogens with one attached hydrogen (secondary N) is 1. The van der Waals surface area contributed by atoms with Crippen molar-refractivity contribution >= 4 is 5.91 Å². The summed E-state index contributed by atoms with van der Waals surface area (Å²) in [6, 6.07) is 0. The van der Waals surface area contributed by atoms with Crippen molar-refractivity contribution in [3.63, 3.8) is 0 Å². The predicted octanol–water partition coefficient (Wildman–Crippen LogP) is 0.988. The summed E-state index contributed by atoms with van der Waals surface area (Å²) in [6.45, 7) is 0.376. The van der Waals surface area contributed by atoms with Crippen LogP contribution in [0.2, 0.25) is 0 Å². The molecule has 0 aromatic heterocycles. The Morgan fingerprint density at radius 1 is 1.47 bits per heavy atom. The highest BCUT2D eigenvalue weighted by Crippen LogP contribution is 2.21. The Kier molecular flexibility index (Phi) is 5.56. The van der Waals surface area contributed by atoms with E-state index < -0.39 is 30.7 Å². The minimum Gasteiger partial charge on any atom is -0.350 e. The normalized spacial score (nSPS) is 14.1. The molecular weight excluding hydrogens is 216 g/mol. The Hall–Kier alpha value is -0.850. The molecule has 7 heteroatoms. The number of halogens is 4. The molecule has 0 spiro atoms. The van der Waals surface area contributed by atoms with Crippen LogP contribution in [0.5, 0.6) is 0 Å². The summed E-state index contributed by atoms with van der Waals surface area (Å²) in [6.07, 6.45) is -3.45. The van der Waals surface area contributed by atoms with Crippen molar-refractivity contribution in [2.45, 2.75) is 25.7 Å². The van der Waals surface area contributed by atoms with Crippen molar-refractivity contribution in [2.75, 3.05) is 13.1 Å². The van der Waals surface area contributed by atoms with E-state index in [1.54, 1.807) is 5.32 Å². The summed E-state index contributed by atoms with van der Waals surface area (Å²) in [7, 11) is 0. The Balaban J connectivity index is 4.00. The molecule has 3 N–H and O–H groups in total. The first-order chi connectivity index (χ1) is 6.81. The zero-order chi connectivity index (χ0) is 12.1. The third-order valence-electron chi connectivity index (χ3n) is 1.86. The largest absolute Gasteiger partial charge is 0.350 e. The molecule has 0 aromatic rings. The van der Waals surface area contributed by atoms with Gasteiger partial charge in [0.15, 0.2) is 0 Å². The molecule has 0 heterocycles. The minimum atomic E-state index is -4.18. The average Bonchev–Trinajstić information content (AvgIpc) is 2.14. The van der Waals surface area contributed by atoms with E-state index in [9.17, 15) is 22.4 Å². The van der Waals surface area contributed by atoms with Gasteiger partial charge in [-0.1, -0.05) is 6.92 Å². The van der Waals surface area contributed by atoms with Crippen LogP contribution in [-0.2, 0) is 4.79 Å². The van der Waals surface area contributed by atoms with Gasteiger partial charge in [-0.15, -0.1) is 0 Å². The van der Waals surface area contributed by atoms with Gasteiger partial charge >= 0.3 is 12.3 Å². The quantitative estimate of drug-likeness (QED) is 0.668. The summed E-state index contributed by atoms with van der Waals surface area (Å²) in [5.74, 6) is -5.43. The Bertz CT molecular complexity index is 211. The maximum atomic E-state index is 12.4. The topological polar surface area (TPSA) is 55.1 Å². The monoisotopic (exact) mass is 230 g/mol. The number of amides is 1. The van der Waals surface area contributed by atoms with E-state index >= 15 is 0 Å². The lowest BCUT2D eigenvalue weighted by atomic mass is 10.1. The van der Waals surface area contributed by atoms with Crippen molar-refractivity contribution in [3.05, 3.63) is 0 Å². The van der Waals surface area contributed by atoms with Crippen LogP contribution in [0.4, 0.5) is 17.6 Å². The summed E-state index contributed by atoms with van der Waals surface area (Å²) in [5, 5.41) is 1.76. The number of hydrogen-bond donors (Lipinski definition) is 2. The molecule has 0 aliphatic rings. The van der Waals surface area contributed by atoms with E-state index in [1.165, 1.54) is 6.92 Å². The fourth-order valence-corrected chi connectivity index (χ4v) is 0.837. The van der Waals surface area contributed by atoms with Gasteiger partial charge in [0.05, 0.1) is 6.54 Å². The second-order valence-electron chi connectivity index (χ2n) is 3.26. The van der Waals surface area contributed by atoms with Crippen LogP contribution in [-0.4, -0.2) is 31.3 Å². The predicted molar refractivity (Wildman–Crippen MR) is 46.8 cm³/mol. The van der Waals surface area contributed by atoms with Gasteiger partial charge in [0.1, 0.15) is 0 Å². The third-order valence-corrected chi connectivity index (χ3v) is 1.86. The highest BCUT2D eigenvalue weighted by Gasteiger charge is 2.40. The summed E-state index contributed by atoms with van der Waals surface area (Å²) in [5.41, 5.74) is 5.15. The van der Waals surface area contributed by atoms with E-state index in [0.29, 0.717) is 6.42 Å². The van der Waals surface area contributed by atoms with Crippen molar-refractivity contribution < 1.29 is 22.4 Å². The Morgan fingerprint density at radius 2 is 2.00 bits per heavy atom. The number of hydrogen-bond acceptors (Lipinski definition) is 2. The molecule has 0 fully saturated rings. The lowest BCUT2D eigenvalue weighted by molar-refractivity contribution is -0.138. The van der Waals surface area contributed by atoms with Gasteiger partial charge in [0, 0.05) is 5.92 Å². The zero-order valence-electron chi connectivity index (χ0n) is 8.27. The smallest absolute Gasteiger partial charge is 0.324 e. The van der Waals surface area contributed by atoms with Crippen molar-refractivity contribution in [1.82, 2.24) is 5.32 Å². The molecule has 90 valence electrons. The second kappa shape index (κ2) is 5.89. The van der Waals surface area contributed by atoms with Gasteiger partial charge in [-0.05, 0) is 13.0 Å². The number of nitrogens with two attached hydrogens (primary N) is 1. The van der Waals surface area contributed by atoms with E-state index in [1.807, 2.05) is 0 Å². The van der Waals surface area contributed by atoms with Crippen molar-refractivity contribution in [3.8, 4) is 0 Å². The zero-order valence-corrected chi connectivity index (χ0v) is 8.27. The molecule has 0 aliphatic carbocycles. The molecule has 3 nitrogen and oxygen atoms in total. The fraction of sp³-hybridized carbons (Fsp3) is 0.875. The van der Waals surface area contributed by atoms with E-state index in [2.05, 4.69) is 0 Å². The number of carbonyl (C=O) groups is 1. The second-order valence-corrected chi connectivity index (χ2v) is 3.26. The van der Waals surface area contributed by atoms with Crippen molar-refractivity contribution in [2.24, 2.45) is 11.7 Å². The lowest BCUT2D eigenvalue weighted by Gasteiger charge is -2.17. The standard InChI is InChI=1S/C8H14F4N2O/c1-5(2-3-13)6(15)14-4-8(11,12)7(9)10/h5,7H,2-4,13H2,1H3,(H,14,15). The van der Waals surface area contributed by atoms with Gasteiger partial charge < -0.3 is 11.1 Å². The van der Waals surface area contributed by atoms with E-state index in [4.69, 9.17) is 5.73 Å².